The van der Waals surface area contributed by atoms with E-state index in [2.05, 4.69) is 20.5 Å². The number of pyridine rings is 1. The molecule has 0 atom stereocenters. The van der Waals surface area contributed by atoms with E-state index in [4.69, 9.17) is 0 Å². The number of nitro groups is 1. The average molecular weight is 350 g/mol. The Kier molecular flexibility index (Phi) is 3.94. The molecule has 3 aromatic rings. The molecular formula is C13H14N6O2S2. The second-order valence-electron chi connectivity index (χ2n) is 5.78. The number of hydrogen-bond donors (Lipinski definition) is 1. The lowest BCUT2D eigenvalue weighted by Gasteiger charge is -2.18. The molecule has 0 saturated carbocycles. The number of hydrogen-bond acceptors (Lipinski definition) is 8. The third-order valence-electron chi connectivity index (χ3n) is 2.72. The molecule has 0 radical (unpaired) electrons. The zero-order valence-corrected chi connectivity index (χ0v) is 14.3. The molecule has 0 amide bonds. The second-order valence-corrected chi connectivity index (χ2v) is 7.99. The summed E-state index contributed by atoms with van der Waals surface area (Å²) in [4.78, 5) is 15.2. The fourth-order valence-electron chi connectivity index (χ4n) is 1.90. The first kappa shape index (κ1) is 15.7. The zero-order valence-electron chi connectivity index (χ0n) is 12.7. The van der Waals surface area contributed by atoms with Crippen molar-refractivity contribution in [1.82, 2.24) is 19.6 Å². The summed E-state index contributed by atoms with van der Waals surface area (Å²) in [6.07, 6.45) is 1.62. The molecule has 23 heavy (non-hydrogen) atoms. The Morgan fingerprint density at radius 2 is 2.13 bits per heavy atom. The van der Waals surface area contributed by atoms with Gasteiger partial charge in [0.2, 0.25) is 15.8 Å². The van der Waals surface area contributed by atoms with Gasteiger partial charge in [0.25, 0.3) is 0 Å². The number of fused-ring (bicyclic) bond motifs is 1. The maximum Gasteiger partial charge on any atom is 0.362 e. The molecule has 3 heterocycles. The predicted molar refractivity (Wildman–Crippen MR) is 89.3 cm³/mol. The molecular weight excluding hydrogens is 336 g/mol. The molecule has 0 aromatic carbocycles. The van der Waals surface area contributed by atoms with Crippen molar-refractivity contribution >= 4 is 39.7 Å². The van der Waals surface area contributed by atoms with Crippen molar-refractivity contribution in [2.24, 2.45) is 0 Å². The van der Waals surface area contributed by atoms with Crippen LogP contribution in [-0.4, -0.2) is 30.0 Å². The molecule has 0 unspecified atom stereocenters. The van der Waals surface area contributed by atoms with Gasteiger partial charge in [-0.2, -0.15) is 9.38 Å². The Balaban J connectivity index is 1.93. The summed E-state index contributed by atoms with van der Waals surface area (Å²) in [7, 11) is 0. The van der Waals surface area contributed by atoms with Crippen LogP contribution in [0.3, 0.4) is 0 Å². The van der Waals surface area contributed by atoms with Gasteiger partial charge < -0.3 is 15.4 Å². The fraction of sp³-hybridized carbons (Fsp3) is 0.308. The van der Waals surface area contributed by atoms with E-state index in [0.717, 1.165) is 11.8 Å². The summed E-state index contributed by atoms with van der Waals surface area (Å²) < 4.78 is 2.06. The first-order valence-electron chi connectivity index (χ1n) is 6.74. The van der Waals surface area contributed by atoms with Crippen LogP contribution in [0.1, 0.15) is 20.8 Å². The Bertz CT molecular complexity index is 867. The molecule has 3 aromatic heterocycles. The minimum absolute atomic E-state index is 0.0638. The first-order valence-corrected chi connectivity index (χ1v) is 8.38. The van der Waals surface area contributed by atoms with Gasteiger partial charge in [0.1, 0.15) is 0 Å². The zero-order chi connectivity index (χ0) is 16.6. The van der Waals surface area contributed by atoms with E-state index < -0.39 is 4.92 Å². The highest BCUT2D eigenvalue weighted by molar-refractivity contribution is 8.01. The van der Waals surface area contributed by atoms with E-state index in [-0.39, 0.29) is 11.4 Å². The van der Waals surface area contributed by atoms with Gasteiger partial charge >= 0.3 is 5.82 Å². The maximum absolute atomic E-state index is 11.4. The lowest BCUT2D eigenvalue weighted by Crippen LogP contribution is -2.25. The first-order chi connectivity index (χ1) is 10.8. The third kappa shape index (κ3) is 3.42. The van der Waals surface area contributed by atoms with Gasteiger partial charge in [0.05, 0.1) is 6.20 Å². The number of nitrogens with zero attached hydrogens (tertiary/aromatic N) is 5. The van der Waals surface area contributed by atoms with Crippen molar-refractivity contribution in [1.29, 1.82) is 0 Å². The van der Waals surface area contributed by atoms with Crippen molar-refractivity contribution < 1.29 is 4.92 Å². The Hall–Kier alpha value is -2.20. The van der Waals surface area contributed by atoms with Crippen LogP contribution in [0.15, 0.2) is 33.8 Å². The van der Waals surface area contributed by atoms with Gasteiger partial charge in [-0.3, -0.25) is 0 Å². The van der Waals surface area contributed by atoms with Gasteiger partial charge in [-0.15, -0.1) is 10.2 Å². The molecule has 1 N–H and O–H groups in total. The molecule has 0 aliphatic rings. The van der Waals surface area contributed by atoms with E-state index >= 15 is 0 Å². The summed E-state index contributed by atoms with van der Waals surface area (Å²) in [5, 5.41) is 23.7. The molecule has 0 spiro atoms. The standard InChI is InChI=1S/C13H14N6O2S2/c1-13(2,3)15-11-16-17-12(23-11)22-9-10(19(20)21)18-7-5-4-6-8(18)14-9/h4-7H,1-3H3,(H,15,16). The van der Waals surface area contributed by atoms with Crippen molar-refractivity contribution in [2.75, 3.05) is 5.32 Å². The van der Waals surface area contributed by atoms with Crippen LogP contribution in [0.25, 0.3) is 5.65 Å². The van der Waals surface area contributed by atoms with Crippen molar-refractivity contribution in [3.63, 3.8) is 0 Å². The molecule has 0 saturated heterocycles. The number of rotatable bonds is 4. The third-order valence-corrected chi connectivity index (χ3v) is 4.58. The Labute approximate surface area is 140 Å². The molecule has 3 rings (SSSR count). The van der Waals surface area contributed by atoms with Crippen molar-refractivity contribution in [3.8, 4) is 0 Å². The Morgan fingerprint density at radius 3 is 2.83 bits per heavy atom. The van der Waals surface area contributed by atoms with Crippen molar-refractivity contribution in [3.05, 3.63) is 34.5 Å². The molecule has 8 nitrogen and oxygen atoms in total. The normalized spacial score (nSPS) is 11.8. The van der Waals surface area contributed by atoms with Crippen LogP contribution in [0.2, 0.25) is 0 Å². The van der Waals surface area contributed by atoms with Crippen LogP contribution < -0.4 is 5.32 Å². The lowest BCUT2D eigenvalue weighted by molar-refractivity contribution is -0.393. The van der Waals surface area contributed by atoms with Gasteiger partial charge in [0, 0.05) is 11.6 Å². The van der Waals surface area contributed by atoms with Gasteiger partial charge in [-0.1, -0.05) is 17.4 Å². The van der Waals surface area contributed by atoms with Crippen LogP contribution in [-0.2, 0) is 0 Å². The van der Waals surface area contributed by atoms with Crippen molar-refractivity contribution in [2.45, 2.75) is 35.7 Å². The average Bonchev–Trinajstić information content (AvgIpc) is 3.00. The molecule has 120 valence electrons. The SMILES string of the molecule is CC(C)(C)Nc1nnc(Sc2nc3ccccn3c2[N+](=O)[O-])s1. The second kappa shape index (κ2) is 5.78. The van der Waals surface area contributed by atoms with E-state index in [1.165, 1.54) is 15.7 Å². The predicted octanol–water partition coefficient (Wildman–Crippen LogP) is 3.46. The van der Waals surface area contributed by atoms with Gasteiger partial charge in [0.15, 0.2) is 4.34 Å². The monoisotopic (exact) mass is 350 g/mol. The van der Waals surface area contributed by atoms with Crippen LogP contribution >= 0.6 is 23.1 Å². The van der Waals surface area contributed by atoms with E-state index in [9.17, 15) is 10.1 Å². The van der Waals surface area contributed by atoms with E-state index in [1.807, 2.05) is 20.8 Å². The summed E-state index contributed by atoms with van der Waals surface area (Å²) in [5.74, 6) is -0.0638. The summed E-state index contributed by atoms with van der Waals surface area (Å²) in [6.45, 7) is 6.07. The lowest BCUT2D eigenvalue weighted by atomic mass is 10.1. The molecule has 0 bridgehead atoms. The Morgan fingerprint density at radius 1 is 1.35 bits per heavy atom. The highest BCUT2D eigenvalue weighted by Crippen LogP contribution is 2.37. The highest BCUT2D eigenvalue weighted by atomic mass is 32.2. The highest BCUT2D eigenvalue weighted by Gasteiger charge is 2.24. The number of imidazole rings is 1. The summed E-state index contributed by atoms with van der Waals surface area (Å²) in [5.41, 5.74) is 0.399. The van der Waals surface area contributed by atoms with Gasteiger partial charge in [-0.25, -0.2) is 0 Å². The minimum atomic E-state index is -0.433. The molecule has 0 aliphatic heterocycles. The number of anilines is 1. The number of nitrogens with one attached hydrogen (secondary N) is 1. The summed E-state index contributed by atoms with van der Waals surface area (Å²) >= 11 is 2.49. The smallest absolute Gasteiger partial charge is 0.358 e. The largest absolute Gasteiger partial charge is 0.362 e. The summed E-state index contributed by atoms with van der Waals surface area (Å²) in [6, 6.07) is 5.24. The molecule has 10 heteroatoms. The van der Waals surface area contributed by atoms with Crippen LogP contribution in [0.5, 0.6) is 0 Å². The quantitative estimate of drug-likeness (QED) is 0.568. The minimum Gasteiger partial charge on any atom is -0.358 e. The van der Waals surface area contributed by atoms with Gasteiger partial charge in [-0.05, 0) is 43.5 Å². The fourth-order valence-corrected chi connectivity index (χ4v) is 3.88. The van der Waals surface area contributed by atoms with Crippen LogP contribution in [0, 0.1) is 10.1 Å². The van der Waals surface area contributed by atoms with E-state index in [1.54, 1.807) is 24.4 Å². The van der Waals surface area contributed by atoms with Crippen LogP contribution in [0.4, 0.5) is 10.9 Å². The van der Waals surface area contributed by atoms with E-state index in [0.29, 0.717) is 20.1 Å². The maximum atomic E-state index is 11.4. The molecule has 0 aliphatic carbocycles. The number of aromatic nitrogens is 4. The molecule has 0 fully saturated rings. The topological polar surface area (TPSA) is 98.2 Å².